The van der Waals surface area contributed by atoms with Crippen LogP contribution in [0.2, 0.25) is 10.0 Å². The van der Waals surface area contributed by atoms with E-state index in [1.165, 1.54) is 18.6 Å². The summed E-state index contributed by atoms with van der Waals surface area (Å²) in [7, 11) is 0. The zero-order valence-electron chi connectivity index (χ0n) is 16.7. The SMILES string of the molecule is O=C(NN1CCCCC1)C1=NN(c2ccc(Cl)cc2)C(c2ccc(C(=O)O)cc2Cl)C1. The molecule has 4 rings (SSSR count). The Morgan fingerprint density at radius 1 is 1.03 bits per heavy atom. The van der Waals surface area contributed by atoms with Crippen LogP contribution in [0, 0.1) is 0 Å². The van der Waals surface area contributed by atoms with Gasteiger partial charge >= 0.3 is 5.97 Å². The molecule has 0 aromatic heterocycles. The van der Waals surface area contributed by atoms with Gasteiger partial charge in [-0.05, 0) is 54.8 Å². The molecule has 1 amide bonds. The van der Waals surface area contributed by atoms with Crippen molar-refractivity contribution in [3.05, 3.63) is 63.6 Å². The number of nitrogens with one attached hydrogen (secondary N) is 1. The number of halogens is 2. The summed E-state index contributed by atoms with van der Waals surface area (Å²) in [5.41, 5.74) is 4.91. The molecule has 0 radical (unpaired) electrons. The second kappa shape index (κ2) is 9.26. The summed E-state index contributed by atoms with van der Waals surface area (Å²) < 4.78 is 0. The number of carbonyl (C=O) groups is 2. The molecule has 1 saturated heterocycles. The van der Waals surface area contributed by atoms with Gasteiger partial charge in [0.15, 0.2) is 0 Å². The van der Waals surface area contributed by atoms with Crippen molar-refractivity contribution in [1.29, 1.82) is 0 Å². The molecule has 31 heavy (non-hydrogen) atoms. The molecule has 0 saturated carbocycles. The number of hydrazine groups is 1. The zero-order valence-corrected chi connectivity index (χ0v) is 18.2. The average Bonchev–Trinajstić information content (AvgIpc) is 3.20. The largest absolute Gasteiger partial charge is 0.478 e. The number of carbonyl (C=O) groups excluding carboxylic acids is 1. The van der Waals surface area contributed by atoms with E-state index >= 15 is 0 Å². The summed E-state index contributed by atoms with van der Waals surface area (Å²) in [6, 6.07) is 11.4. The lowest BCUT2D eigenvalue weighted by Gasteiger charge is -2.26. The van der Waals surface area contributed by atoms with E-state index in [1.807, 2.05) is 17.1 Å². The lowest BCUT2D eigenvalue weighted by Crippen LogP contribution is -2.47. The maximum atomic E-state index is 12.9. The van der Waals surface area contributed by atoms with Crippen molar-refractivity contribution >= 4 is 46.5 Å². The predicted molar refractivity (Wildman–Crippen MR) is 121 cm³/mol. The average molecular weight is 461 g/mol. The van der Waals surface area contributed by atoms with E-state index in [9.17, 15) is 14.7 Å². The van der Waals surface area contributed by atoms with Crippen molar-refractivity contribution in [2.24, 2.45) is 5.10 Å². The van der Waals surface area contributed by atoms with Crippen LogP contribution in [0.5, 0.6) is 0 Å². The van der Waals surface area contributed by atoms with E-state index in [0.717, 1.165) is 31.6 Å². The van der Waals surface area contributed by atoms with Gasteiger partial charge in [0.25, 0.3) is 5.91 Å². The molecule has 2 heterocycles. The Hall–Kier alpha value is -2.61. The fraction of sp³-hybridized carbons (Fsp3) is 0.318. The van der Waals surface area contributed by atoms with E-state index < -0.39 is 5.97 Å². The molecule has 2 aliphatic heterocycles. The molecule has 7 nitrogen and oxygen atoms in total. The summed E-state index contributed by atoms with van der Waals surface area (Å²) in [5, 5.41) is 18.4. The number of aromatic carboxylic acids is 1. The number of carboxylic acids is 1. The lowest BCUT2D eigenvalue weighted by atomic mass is 9.99. The van der Waals surface area contributed by atoms with Crippen LogP contribution in [0.3, 0.4) is 0 Å². The Bertz CT molecular complexity index is 1020. The minimum Gasteiger partial charge on any atom is -0.478 e. The Kier molecular flexibility index (Phi) is 6.46. The summed E-state index contributed by atoms with van der Waals surface area (Å²) in [5.74, 6) is -1.28. The van der Waals surface area contributed by atoms with Gasteiger partial charge in [-0.25, -0.2) is 9.80 Å². The van der Waals surface area contributed by atoms with Crippen molar-refractivity contribution < 1.29 is 14.7 Å². The number of hydrogen-bond acceptors (Lipinski definition) is 5. The van der Waals surface area contributed by atoms with Gasteiger partial charge in [-0.3, -0.25) is 15.2 Å². The Morgan fingerprint density at radius 2 is 1.74 bits per heavy atom. The normalized spacial score (nSPS) is 19.2. The second-order valence-electron chi connectivity index (χ2n) is 7.62. The molecule has 0 spiro atoms. The molecule has 1 fully saturated rings. The number of anilines is 1. The van der Waals surface area contributed by atoms with Gasteiger partial charge in [0, 0.05) is 29.6 Å². The molecule has 0 aliphatic carbocycles. The number of hydrogen-bond donors (Lipinski definition) is 2. The molecule has 9 heteroatoms. The molecule has 2 aliphatic rings. The highest BCUT2D eigenvalue weighted by Gasteiger charge is 2.34. The van der Waals surface area contributed by atoms with Crippen LogP contribution in [0.15, 0.2) is 47.6 Å². The van der Waals surface area contributed by atoms with Gasteiger partial charge < -0.3 is 5.11 Å². The second-order valence-corrected chi connectivity index (χ2v) is 8.46. The van der Waals surface area contributed by atoms with Gasteiger partial charge in [0.1, 0.15) is 5.71 Å². The van der Waals surface area contributed by atoms with Crippen LogP contribution in [-0.2, 0) is 4.79 Å². The highest BCUT2D eigenvalue weighted by atomic mass is 35.5. The van der Waals surface area contributed by atoms with Gasteiger partial charge in [-0.2, -0.15) is 5.10 Å². The molecule has 2 aromatic carbocycles. The molecule has 2 N–H and O–H groups in total. The predicted octanol–water partition coefficient (Wildman–Crippen LogP) is 4.52. The van der Waals surface area contributed by atoms with E-state index in [4.69, 9.17) is 23.2 Å². The van der Waals surface area contributed by atoms with Gasteiger partial charge in [0.2, 0.25) is 0 Å². The topological polar surface area (TPSA) is 85.2 Å². The van der Waals surface area contributed by atoms with Crippen LogP contribution in [-0.4, -0.2) is 40.8 Å². The third-order valence-electron chi connectivity index (χ3n) is 5.49. The van der Waals surface area contributed by atoms with Crippen LogP contribution >= 0.6 is 23.2 Å². The van der Waals surface area contributed by atoms with Gasteiger partial charge in [-0.1, -0.05) is 35.7 Å². The van der Waals surface area contributed by atoms with E-state index in [1.54, 1.807) is 23.2 Å². The van der Waals surface area contributed by atoms with Crippen molar-refractivity contribution in [3.8, 4) is 0 Å². The van der Waals surface area contributed by atoms with E-state index in [0.29, 0.717) is 27.7 Å². The number of hydrazone groups is 1. The van der Waals surface area contributed by atoms with Crippen LogP contribution < -0.4 is 10.4 Å². The molecule has 0 bridgehead atoms. The van der Waals surface area contributed by atoms with E-state index in [-0.39, 0.29) is 17.5 Å². The number of amides is 1. The number of benzene rings is 2. The molecular weight excluding hydrogens is 439 g/mol. The van der Waals surface area contributed by atoms with Crippen LogP contribution in [0.25, 0.3) is 0 Å². The first-order valence-corrected chi connectivity index (χ1v) is 10.9. The third-order valence-corrected chi connectivity index (χ3v) is 6.07. The highest BCUT2D eigenvalue weighted by molar-refractivity contribution is 6.39. The van der Waals surface area contributed by atoms with Crippen molar-refractivity contribution in [2.45, 2.75) is 31.7 Å². The van der Waals surface area contributed by atoms with Crippen LogP contribution in [0.4, 0.5) is 5.69 Å². The maximum absolute atomic E-state index is 12.9. The molecule has 1 atom stereocenters. The Balaban J connectivity index is 1.63. The van der Waals surface area contributed by atoms with Crippen molar-refractivity contribution in [3.63, 3.8) is 0 Å². The number of piperidine rings is 1. The Labute approximate surface area is 190 Å². The number of nitrogens with zero attached hydrogens (tertiary/aromatic N) is 3. The first kappa shape index (κ1) is 21.6. The van der Waals surface area contributed by atoms with E-state index in [2.05, 4.69) is 10.5 Å². The highest BCUT2D eigenvalue weighted by Crippen LogP contribution is 2.38. The molecule has 1 unspecified atom stereocenters. The smallest absolute Gasteiger partial charge is 0.335 e. The Morgan fingerprint density at radius 3 is 2.39 bits per heavy atom. The quantitative estimate of drug-likeness (QED) is 0.684. The van der Waals surface area contributed by atoms with Gasteiger partial charge in [0.05, 0.1) is 17.3 Å². The standard InChI is InChI=1S/C22H22Cl2N4O3/c23-15-5-7-16(8-6-15)28-20(17-9-4-14(22(30)31)12-18(17)24)13-19(25-28)21(29)26-27-10-2-1-3-11-27/h4-9,12,20H,1-3,10-11,13H2,(H,26,29)(H,30,31). The zero-order chi connectivity index (χ0) is 22.0. The minimum absolute atomic E-state index is 0.105. The molecule has 162 valence electrons. The maximum Gasteiger partial charge on any atom is 0.335 e. The monoisotopic (exact) mass is 460 g/mol. The van der Waals surface area contributed by atoms with Gasteiger partial charge in [-0.15, -0.1) is 0 Å². The molecular formula is C22H22Cl2N4O3. The summed E-state index contributed by atoms with van der Waals surface area (Å²) in [6.45, 7) is 1.65. The minimum atomic E-state index is -1.05. The summed E-state index contributed by atoms with van der Waals surface area (Å²) in [6.07, 6.45) is 3.62. The first-order chi connectivity index (χ1) is 14.9. The fourth-order valence-corrected chi connectivity index (χ4v) is 4.30. The summed E-state index contributed by atoms with van der Waals surface area (Å²) in [4.78, 5) is 24.2. The molecule has 2 aromatic rings. The van der Waals surface area contributed by atoms with Crippen LogP contribution in [0.1, 0.15) is 47.6 Å². The number of rotatable bonds is 5. The lowest BCUT2D eigenvalue weighted by molar-refractivity contribution is -0.119. The number of carboxylic acid groups (broad SMARTS) is 1. The fourth-order valence-electron chi connectivity index (χ4n) is 3.87. The third kappa shape index (κ3) is 4.84. The van der Waals surface area contributed by atoms with Crippen molar-refractivity contribution in [1.82, 2.24) is 10.4 Å². The summed E-state index contributed by atoms with van der Waals surface area (Å²) >= 11 is 12.5. The first-order valence-electron chi connectivity index (χ1n) is 10.1. The van der Waals surface area contributed by atoms with Crippen molar-refractivity contribution in [2.75, 3.05) is 18.1 Å².